The molecule has 0 saturated heterocycles. The van der Waals surface area contributed by atoms with Gasteiger partial charge in [-0.3, -0.25) is 0 Å². The van der Waals surface area contributed by atoms with Gasteiger partial charge in [-0.05, 0) is 43.3 Å². The Bertz CT molecular complexity index is 797. The Morgan fingerprint density at radius 1 is 1.19 bits per heavy atom. The van der Waals surface area contributed by atoms with Crippen LogP contribution in [0, 0.1) is 12.7 Å². The summed E-state index contributed by atoms with van der Waals surface area (Å²) in [5.74, 6) is 0.324. The van der Waals surface area contributed by atoms with E-state index in [4.69, 9.17) is 16.0 Å². The highest BCUT2D eigenvalue weighted by molar-refractivity contribution is 6.30. The number of aryl methyl sites for hydroxylation is 1. The molecular formula is C17H15ClFNO. The van der Waals surface area contributed by atoms with Gasteiger partial charge >= 0.3 is 0 Å². The summed E-state index contributed by atoms with van der Waals surface area (Å²) >= 11 is 5.74. The summed E-state index contributed by atoms with van der Waals surface area (Å²) in [7, 11) is 1.82. The number of furan rings is 1. The average Bonchev–Trinajstić information content (AvgIpc) is 2.89. The second-order valence-electron chi connectivity index (χ2n) is 5.04. The Kier molecular flexibility index (Phi) is 3.70. The molecule has 3 aromatic rings. The fraction of sp³-hybridized carbons (Fsp3) is 0.176. The summed E-state index contributed by atoms with van der Waals surface area (Å²) in [6.07, 6.45) is 0. The zero-order valence-corrected chi connectivity index (χ0v) is 12.5. The normalized spacial score (nSPS) is 12.8. The zero-order chi connectivity index (χ0) is 15.0. The lowest BCUT2D eigenvalue weighted by molar-refractivity contribution is 0.489. The van der Waals surface area contributed by atoms with Gasteiger partial charge < -0.3 is 9.73 Å². The highest BCUT2D eigenvalue weighted by Gasteiger charge is 2.18. The third-order valence-corrected chi connectivity index (χ3v) is 3.92. The summed E-state index contributed by atoms with van der Waals surface area (Å²) in [6.45, 7) is 2.01. The lowest BCUT2D eigenvalue weighted by atomic mass is 10.0. The van der Waals surface area contributed by atoms with E-state index in [2.05, 4.69) is 5.32 Å². The number of benzene rings is 2. The minimum absolute atomic E-state index is 0.119. The Hall–Kier alpha value is -1.84. The molecule has 4 heteroatoms. The van der Waals surface area contributed by atoms with E-state index in [-0.39, 0.29) is 11.1 Å². The third kappa shape index (κ3) is 2.55. The van der Waals surface area contributed by atoms with Gasteiger partial charge in [0, 0.05) is 5.39 Å². The minimum Gasteiger partial charge on any atom is -0.459 e. The molecule has 0 saturated carbocycles. The molecule has 1 atom stereocenters. The van der Waals surface area contributed by atoms with E-state index in [1.54, 1.807) is 12.1 Å². The van der Waals surface area contributed by atoms with Crippen LogP contribution in [0.15, 0.2) is 46.9 Å². The number of rotatable bonds is 3. The first-order chi connectivity index (χ1) is 10.1. The fourth-order valence-electron chi connectivity index (χ4n) is 2.54. The van der Waals surface area contributed by atoms with Crippen LogP contribution in [-0.2, 0) is 0 Å². The molecule has 0 fully saturated rings. The molecule has 1 aromatic heterocycles. The SMILES string of the molecule is CNC(c1ccc(Cl)c(F)c1)c1cc2cccc(C)c2o1. The number of hydrogen-bond acceptors (Lipinski definition) is 2. The molecule has 0 radical (unpaired) electrons. The van der Waals surface area contributed by atoms with Crippen LogP contribution in [0.25, 0.3) is 11.0 Å². The van der Waals surface area contributed by atoms with Crippen LogP contribution in [0.2, 0.25) is 5.02 Å². The second-order valence-corrected chi connectivity index (χ2v) is 5.44. The quantitative estimate of drug-likeness (QED) is 0.749. The molecule has 0 aliphatic heterocycles. The minimum atomic E-state index is -0.429. The van der Waals surface area contributed by atoms with Crippen LogP contribution in [-0.4, -0.2) is 7.05 Å². The highest BCUT2D eigenvalue weighted by Crippen LogP contribution is 2.30. The van der Waals surface area contributed by atoms with Crippen LogP contribution < -0.4 is 5.32 Å². The van der Waals surface area contributed by atoms with E-state index < -0.39 is 5.82 Å². The maximum absolute atomic E-state index is 13.7. The first-order valence-corrected chi connectivity index (χ1v) is 7.09. The number of hydrogen-bond donors (Lipinski definition) is 1. The fourth-order valence-corrected chi connectivity index (χ4v) is 2.65. The summed E-state index contributed by atoms with van der Waals surface area (Å²) in [4.78, 5) is 0. The Balaban J connectivity index is 2.09. The van der Waals surface area contributed by atoms with Gasteiger partial charge in [-0.1, -0.05) is 35.9 Å². The molecule has 1 N–H and O–H groups in total. The van der Waals surface area contributed by atoms with Gasteiger partial charge in [0.25, 0.3) is 0 Å². The molecule has 21 heavy (non-hydrogen) atoms. The Morgan fingerprint density at radius 2 is 2.00 bits per heavy atom. The van der Waals surface area contributed by atoms with Crippen molar-refractivity contribution >= 4 is 22.6 Å². The number of fused-ring (bicyclic) bond motifs is 1. The van der Waals surface area contributed by atoms with Gasteiger partial charge in [0.1, 0.15) is 17.2 Å². The maximum Gasteiger partial charge on any atom is 0.142 e. The van der Waals surface area contributed by atoms with E-state index in [0.29, 0.717) is 0 Å². The molecule has 1 heterocycles. The highest BCUT2D eigenvalue weighted by atomic mass is 35.5. The first kappa shape index (κ1) is 14.1. The summed E-state index contributed by atoms with van der Waals surface area (Å²) in [5.41, 5.74) is 2.72. The average molecular weight is 304 g/mol. The molecule has 3 rings (SSSR count). The largest absolute Gasteiger partial charge is 0.459 e. The molecular weight excluding hydrogens is 289 g/mol. The Labute approximate surface area is 127 Å². The van der Waals surface area contributed by atoms with Crippen LogP contribution >= 0.6 is 11.6 Å². The lowest BCUT2D eigenvalue weighted by Crippen LogP contribution is -2.17. The van der Waals surface area contributed by atoms with Crippen molar-refractivity contribution in [3.8, 4) is 0 Å². The van der Waals surface area contributed by atoms with Crippen molar-refractivity contribution in [3.05, 3.63) is 70.2 Å². The van der Waals surface area contributed by atoms with E-state index in [9.17, 15) is 4.39 Å². The van der Waals surface area contributed by atoms with Crippen molar-refractivity contribution in [1.82, 2.24) is 5.32 Å². The number of halogens is 2. The summed E-state index contributed by atoms with van der Waals surface area (Å²) in [5, 5.41) is 4.32. The van der Waals surface area contributed by atoms with Crippen molar-refractivity contribution in [3.63, 3.8) is 0 Å². The predicted molar refractivity (Wildman–Crippen MR) is 83.3 cm³/mol. The van der Waals surface area contributed by atoms with Gasteiger partial charge in [-0.2, -0.15) is 0 Å². The summed E-state index contributed by atoms with van der Waals surface area (Å²) < 4.78 is 19.6. The van der Waals surface area contributed by atoms with Gasteiger partial charge in [0.05, 0.1) is 11.1 Å². The molecule has 0 aliphatic carbocycles. The number of nitrogens with one attached hydrogen (secondary N) is 1. The molecule has 0 aliphatic rings. The van der Waals surface area contributed by atoms with Crippen molar-refractivity contribution < 1.29 is 8.81 Å². The van der Waals surface area contributed by atoms with E-state index in [1.807, 2.05) is 38.2 Å². The molecule has 0 amide bonds. The molecule has 2 nitrogen and oxygen atoms in total. The standard InChI is InChI=1S/C17H15ClFNO/c1-10-4-3-5-12-9-15(21-17(10)12)16(20-2)11-6-7-13(18)14(19)8-11/h3-9,16,20H,1-2H3. The lowest BCUT2D eigenvalue weighted by Gasteiger charge is -2.14. The van der Waals surface area contributed by atoms with Crippen molar-refractivity contribution in [2.75, 3.05) is 7.05 Å². The van der Waals surface area contributed by atoms with Crippen LogP contribution in [0.1, 0.15) is 22.9 Å². The number of para-hydroxylation sites is 1. The van der Waals surface area contributed by atoms with E-state index in [1.165, 1.54) is 6.07 Å². The van der Waals surface area contributed by atoms with E-state index >= 15 is 0 Å². The van der Waals surface area contributed by atoms with E-state index in [0.717, 1.165) is 27.9 Å². The van der Waals surface area contributed by atoms with Gasteiger partial charge in [-0.15, -0.1) is 0 Å². The molecule has 0 bridgehead atoms. The second kappa shape index (κ2) is 5.51. The first-order valence-electron chi connectivity index (χ1n) is 6.71. The van der Waals surface area contributed by atoms with Crippen LogP contribution in [0.4, 0.5) is 4.39 Å². The third-order valence-electron chi connectivity index (χ3n) is 3.61. The van der Waals surface area contributed by atoms with Crippen molar-refractivity contribution in [2.24, 2.45) is 0 Å². The monoisotopic (exact) mass is 303 g/mol. The van der Waals surface area contributed by atoms with Gasteiger partial charge in [-0.25, -0.2) is 4.39 Å². The van der Waals surface area contributed by atoms with Crippen molar-refractivity contribution in [1.29, 1.82) is 0 Å². The van der Waals surface area contributed by atoms with Crippen molar-refractivity contribution in [2.45, 2.75) is 13.0 Å². The smallest absolute Gasteiger partial charge is 0.142 e. The molecule has 1 unspecified atom stereocenters. The van der Waals surface area contributed by atoms with Gasteiger partial charge in [0.2, 0.25) is 0 Å². The molecule has 0 spiro atoms. The summed E-state index contributed by atoms with van der Waals surface area (Å²) in [6, 6.07) is 12.6. The topological polar surface area (TPSA) is 25.2 Å². The Morgan fingerprint density at radius 3 is 2.67 bits per heavy atom. The predicted octanol–water partition coefficient (Wildman–Crippen LogP) is 4.84. The molecule has 108 valence electrons. The zero-order valence-electron chi connectivity index (χ0n) is 11.8. The van der Waals surface area contributed by atoms with Crippen LogP contribution in [0.5, 0.6) is 0 Å². The van der Waals surface area contributed by atoms with Crippen LogP contribution in [0.3, 0.4) is 0 Å². The maximum atomic E-state index is 13.7. The van der Waals surface area contributed by atoms with Gasteiger partial charge in [0.15, 0.2) is 0 Å². The molecule has 2 aromatic carbocycles.